The first kappa shape index (κ1) is 14.7. The van der Waals surface area contributed by atoms with Crippen molar-refractivity contribution in [2.24, 2.45) is 0 Å². The van der Waals surface area contributed by atoms with Crippen LogP contribution in [-0.4, -0.2) is 36.3 Å². The molecular formula is C13H24N4O. The Balaban J connectivity index is 2.63. The normalized spacial score (nSPS) is 10.7. The Labute approximate surface area is 109 Å². The van der Waals surface area contributed by atoms with Crippen molar-refractivity contribution in [1.82, 2.24) is 9.97 Å². The van der Waals surface area contributed by atoms with Crippen molar-refractivity contribution in [1.29, 1.82) is 0 Å². The Hall–Kier alpha value is -1.36. The number of hydrogen-bond acceptors (Lipinski definition) is 5. The zero-order chi connectivity index (χ0) is 13.4. The van der Waals surface area contributed by atoms with Crippen LogP contribution in [0, 0.1) is 0 Å². The number of aromatic nitrogens is 2. The van der Waals surface area contributed by atoms with Crippen LogP contribution < -0.4 is 10.6 Å². The van der Waals surface area contributed by atoms with Gasteiger partial charge in [0.05, 0.1) is 12.7 Å². The summed E-state index contributed by atoms with van der Waals surface area (Å²) in [5.74, 6) is 1.81. The first-order valence-corrected chi connectivity index (χ1v) is 6.56. The van der Waals surface area contributed by atoms with E-state index in [4.69, 9.17) is 4.74 Å². The number of rotatable bonds is 8. The second-order valence-corrected chi connectivity index (χ2v) is 4.40. The smallest absolute Gasteiger partial charge is 0.134 e. The summed E-state index contributed by atoms with van der Waals surface area (Å²) in [6.45, 7) is 7.66. The van der Waals surface area contributed by atoms with E-state index >= 15 is 0 Å². The molecule has 0 atom stereocenters. The SMILES string of the molecule is CCCc1c(NC)ncnc1NCCOC(C)C. The van der Waals surface area contributed by atoms with Crippen LogP contribution in [0.25, 0.3) is 0 Å². The first-order chi connectivity index (χ1) is 8.69. The molecule has 1 aromatic heterocycles. The molecule has 5 nitrogen and oxygen atoms in total. The van der Waals surface area contributed by atoms with Gasteiger partial charge in [-0.05, 0) is 20.3 Å². The van der Waals surface area contributed by atoms with E-state index in [1.54, 1.807) is 6.33 Å². The van der Waals surface area contributed by atoms with Gasteiger partial charge in [-0.3, -0.25) is 0 Å². The fourth-order valence-corrected chi connectivity index (χ4v) is 1.73. The summed E-state index contributed by atoms with van der Waals surface area (Å²) in [4.78, 5) is 8.54. The lowest BCUT2D eigenvalue weighted by molar-refractivity contribution is 0.0870. The number of nitrogens with zero attached hydrogens (tertiary/aromatic N) is 2. The summed E-state index contributed by atoms with van der Waals surface area (Å²) in [6.07, 6.45) is 3.88. The summed E-state index contributed by atoms with van der Waals surface area (Å²) >= 11 is 0. The average molecular weight is 252 g/mol. The molecule has 5 heteroatoms. The monoisotopic (exact) mass is 252 g/mol. The Morgan fingerprint density at radius 2 is 2.00 bits per heavy atom. The fourth-order valence-electron chi connectivity index (χ4n) is 1.73. The van der Waals surface area contributed by atoms with Gasteiger partial charge in [0.15, 0.2) is 0 Å². The molecule has 0 bridgehead atoms. The molecule has 0 amide bonds. The second kappa shape index (κ2) is 7.87. The van der Waals surface area contributed by atoms with Crippen molar-refractivity contribution in [3.8, 4) is 0 Å². The lowest BCUT2D eigenvalue weighted by Gasteiger charge is -2.14. The van der Waals surface area contributed by atoms with Crippen LogP contribution in [0.1, 0.15) is 32.8 Å². The van der Waals surface area contributed by atoms with Gasteiger partial charge in [-0.15, -0.1) is 0 Å². The molecule has 0 radical (unpaired) electrons. The van der Waals surface area contributed by atoms with Crippen molar-refractivity contribution in [3.05, 3.63) is 11.9 Å². The number of hydrogen-bond donors (Lipinski definition) is 2. The lowest BCUT2D eigenvalue weighted by Crippen LogP contribution is -2.15. The van der Waals surface area contributed by atoms with Crippen LogP contribution in [-0.2, 0) is 11.2 Å². The molecule has 0 aromatic carbocycles. The maximum atomic E-state index is 5.50. The molecule has 0 unspecified atom stereocenters. The first-order valence-electron chi connectivity index (χ1n) is 6.56. The Bertz CT molecular complexity index is 355. The van der Waals surface area contributed by atoms with Crippen LogP contribution in [0.3, 0.4) is 0 Å². The molecule has 1 heterocycles. The van der Waals surface area contributed by atoms with E-state index in [1.165, 1.54) is 0 Å². The van der Waals surface area contributed by atoms with Gasteiger partial charge in [-0.2, -0.15) is 0 Å². The molecule has 1 rings (SSSR count). The molecule has 2 N–H and O–H groups in total. The number of ether oxygens (including phenoxy) is 1. The molecule has 0 aliphatic carbocycles. The van der Waals surface area contributed by atoms with Crippen molar-refractivity contribution >= 4 is 11.6 Å². The maximum absolute atomic E-state index is 5.50. The number of anilines is 2. The molecular weight excluding hydrogens is 228 g/mol. The van der Waals surface area contributed by atoms with E-state index in [0.29, 0.717) is 6.61 Å². The van der Waals surface area contributed by atoms with Crippen LogP contribution in [0.5, 0.6) is 0 Å². The summed E-state index contributed by atoms with van der Waals surface area (Å²) in [5.41, 5.74) is 1.15. The lowest BCUT2D eigenvalue weighted by atomic mass is 10.1. The minimum Gasteiger partial charge on any atom is -0.377 e. The third kappa shape index (κ3) is 4.49. The highest BCUT2D eigenvalue weighted by Crippen LogP contribution is 2.20. The molecule has 1 aromatic rings. The maximum Gasteiger partial charge on any atom is 0.134 e. The predicted molar refractivity (Wildman–Crippen MR) is 75.2 cm³/mol. The van der Waals surface area contributed by atoms with Gasteiger partial charge in [0, 0.05) is 19.2 Å². The van der Waals surface area contributed by atoms with E-state index in [0.717, 1.165) is 36.6 Å². The number of nitrogens with one attached hydrogen (secondary N) is 2. The van der Waals surface area contributed by atoms with E-state index in [9.17, 15) is 0 Å². The average Bonchev–Trinajstić information content (AvgIpc) is 2.36. The summed E-state index contributed by atoms with van der Waals surface area (Å²) in [7, 11) is 1.88. The molecule has 0 fully saturated rings. The zero-order valence-corrected chi connectivity index (χ0v) is 11.8. The molecule has 18 heavy (non-hydrogen) atoms. The third-order valence-corrected chi connectivity index (χ3v) is 2.53. The Kier molecular flexibility index (Phi) is 6.43. The summed E-state index contributed by atoms with van der Waals surface area (Å²) < 4.78 is 5.50. The summed E-state index contributed by atoms with van der Waals surface area (Å²) in [5, 5.41) is 6.42. The molecule has 0 saturated carbocycles. The van der Waals surface area contributed by atoms with E-state index in [2.05, 4.69) is 27.5 Å². The van der Waals surface area contributed by atoms with Crippen LogP contribution in [0.15, 0.2) is 6.33 Å². The zero-order valence-electron chi connectivity index (χ0n) is 11.8. The highest BCUT2D eigenvalue weighted by atomic mass is 16.5. The van der Waals surface area contributed by atoms with Crippen molar-refractivity contribution in [2.45, 2.75) is 39.7 Å². The van der Waals surface area contributed by atoms with E-state index in [-0.39, 0.29) is 6.10 Å². The molecule has 0 aliphatic heterocycles. The molecule has 102 valence electrons. The van der Waals surface area contributed by atoms with Crippen molar-refractivity contribution in [3.63, 3.8) is 0 Å². The quantitative estimate of drug-likeness (QED) is 0.695. The van der Waals surface area contributed by atoms with E-state index in [1.807, 2.05) is 20.9 Å². The topological polar surface area (TPSA) is 59.1 Å². The van der Waals surface area contributed by atoms with Crippen LogP contribution >= 0.6 is 0 Å². The Morgan fingerprint density at radius 3 is 2.61 bits per heavy atom. The minimum atomic E-state index is 0.264. The van der Waals surface area contributed by atoms with Crippen LogP contribution in [0.4, 0.5) is 11.6 Å². The van der Waals surface area contributed by atoms with Crippen molar-refractivity contribution < 1.29 is 4.74 Å². The fraction of sp³-hybridized carbons (Fsp3) is 0.692. The highest BCUT2D eigenvalue weighted by molar-refractivity contribution is 5.57. The van der Waals surface area contributed by atoms with Gasteiger partial charge < -0.3 is 15.4 Å². The van der Waals surface area contributed by atoms with Gasteiger partial charge >= 0.3 is 0 Å². The van der Waals surface area contributed by atoms with Crippen LogP contribution in [0.2, 0.25) is 0 Å². The van der Waals surface area contributed by atoms with E-state index < -0.39 is 0 Å². The standard InChI is InChI=1S/C13H24N4O/c1-5-6-11-12(14-4)16-9-17-13(11)15-7-8-18-10(2)3/h9-10H,5-8H2,1-4H3,(H2,14,15,16,17). The van der Waals surface area contributed by atoms with Crippen molar-refractivity contribution in [2.75, 3.05) is 30.8 Å². The molecule has 0 spiro atoms. The third-order valence-electron chi connectivity index (χ3n) is 2.53. The highest BCUT2D eigenvalue weighted by Gasteiger charge is 2.09. The largest absolute Gasteiger partial charge is 0.377 e. The molecule has 0 saturated heterocycles. The minimum absolute atomic E-state index is 0.264. The van der Waals surface area contributed by atoms with Gasteiger partial charge in [0.25, 0.3) is 0 Å². The van der Waals surface area contributed by atoms with Gasteiger partial charge in [0.2, 0.25) is 0 Å². The van der Waals surface area contributed by atoms with Gasteiger partial charge in [-0.1, -0.05) is 13.3 Å². The van der Waals surface area contributed by atoms with Gasteiger partial charge in [-0.25, -0.2) is 9.97 Å². The van der Waals surface area contributed by atoms with Gasteiger partial charge in [0.1, 0.15) is 18.0 Å². The second-order valence-electron chi connectivity index (χ2n) is 4.40. The summed E-state index contributed by atoms with van der Waals surface area (Å²) in [6, 6.07) is 0. The predicted octanol–water partition coefficient (Wildman–Crippen LogP) is 2.31. The molecule has 0 aliphatic rings. The Morgan fingerprint density at radius 1 is 1.28 bits per heavy atom.